The molecule has 0 unspecified atom stereocenters. The Morgan fingerprint density at radius 1 is 1.21 bits per heavy atom. The van der Waals surface area contributed by atoms with E-state index in [0.717, 1.165) is 0 Å². The molecule has 2 aromatic carbocycles. The second-order valence-electron chi connectivity index (χ2n) is 4.97. The Labute approximate surface area is 138 Å². The molecule has 0 aliphatic carbocycles. The summed E-state index contributed by atoms with van der Waals surface area (Å²) in [6, 6.07) is 14.3. The van der Waals surface area contributed by atoms with Crippen LogP contribution in [-0.4, -0.2) is 24.3 Å². The van der Waals surface area contributed by atoms with Crippen LogP contribution in [0.25, 0.3) is 0 Å². The highest BCUT2D eigenvalue weighted by molar-refractivity contribution is 5.97. The number of aldehydes is 1. The van der Waals surface area contributed by atoms with Gasteiger partial charge in [-0.25, -0.2) is 4.79 Å². The van der Waals surface area contributed by atoms with Crippen LogP contribution in [0.5, 0.6) is 0 Å². The van der Waals surface area contributed by atoms with Crippen molar-refractivity contribution in [3.05, 3.63) is 65.2 Å². The third-order valence-corrected chi connectivity index (χ3v) is 3.19. The van der Waals surface area contributed by atoms with E-state index in [9.17, 15) is 14.4 Å². The zero-order valence-corrected chi connectivity index (χ0v) is 12.9. The average Bonchev–Trinajstić information content (AvgIpc) is 2.61. The summed E-state index contributed by atoms with van der Waals surface area (Å²) >= 11 is 0. The van der Waals surface area contributed by atoms with Crippen molar-refractivity contribution in [1.29, 1.82) is 5.26 Å². The predicted octanol–water partition coefficient (Wildman–Crippen LogP) is 2.55. The molecule has 0 aliphatic rings. The number of nitrogens with zero attached hydrogens (tertiary/aromatic N) is 1. The van der Waals surface area contributed by atoms with Crippen LogP contribution in [0.2, 0.25) is 0 Å². The first-order valence-corrected chi connectivity index (χ1v) is 7.10. The Morgan fingerprint density at radius 3 is 2.54 bits per heavy atom. The summed E-state index contributed by atoms with van der Waals surface area (Å²) in [7, 11) is 0. The molecule has 0 saturated carbocycles. The summed E-state index contributed by atoms with van der Waals surface area (Å²) in [5.41, 5.74) is 1.53. The topological polar surface area (TPSA) is 96.3 Å². The third-order valence-electron chi connectivity index (χ3n) is 3.19. The van der Waals surface area contributed by atoms with Crippen molar-refractivity contribution >= 4 is 23.9 Å². The number of anilines is 1. The van der Waals surface area contributed by atoms with Crippen molar-refractivity contribution in [1.82, 2.24) is 0 Å². The SMILES string of the molecule is C[C@H](OC(=O)c1ccc(C=O)cc1)C(=O)Nc1cccc(C#N)c1. The van der Waals surface area contributed by atoms with Crippen LogP contribution in [0.3, 0.4) is 0 Å². The molecule has 0 saturated heterocycles. The van der Waals surface area contributed by atoms with Gasteiger partial charge in [-0.2, -0.15) is 5.26 Å². The molecule has 1 N–H and O–H groups in total. The van der Waals surface area contributed by atoms with Crippen LogP contribution in [0, 0.1) is 11.3 Å². The number of nitriles is 1. The summed E-state index contributed by atoms with van der Waals surface area (Å²) < 4.78 is 5.10. The molecular weight excluding hydrogens is 308 g/mol. The molecule has 1 amide bonds. The van der Waals surface area contributed by atoms with E-state index in [1.165, 1.54) is 37.3 Å². The number of nitrogens with one attached hydrogen (secondary N) is 1. The fraction of sp³-hybridized carbons (Fsp3) is 0.111. The second kappa shape index (κ2) is 7.70. The van der Waals surface area contributed by atoms with Gasteiger partial charge in [0.1, 0.15) is 6.29 Å². The first-order chi connectivity index (χ1) is 11.5. The summed E-state index contributed by atoms with van der Waals surface area (Å²) in [4.78, 5) is 34.6. The largest absolute Gasteiger partial charge is 0.449 e. The van der Waals surface area contributed by atoms with Gasteiger partial charge in [0, 0.05) is 11.3 Å². The summed E-state index contributed by atoms with van der Waals surface area (Å²) in [6.45, 7) is 1.45. The van der Waals surface area contributed by atoms with E-state index in [0.29, 0.717) is 23.1 Å². The molecular formula is C18H14N2O4. The van der Waals surface area contributed by atoms with Crippen molar-refractivity contribution in [3.8, 4) is 6.07 Å². The van der Waals surface area contributed by atoms with Gasteiger partial charge in [0.2, 0.25) is 0 Å². The molecule has 0 heterocycles. The zero-order valence-electron chi connectivity index (χ0n) is 12.9. The number of amides is 1. The van der Waals surface area contributed by atoms with Crippen LogP contribution in [0.15, 0.2) is 48.5 Å². The van der Waals surface area contributed by atoms with E-state index in [-0.39, 0.29) is 5.56 Å². The normalized spacial score (nSPS) is 11.0. The Bertz CT molecular complexity index is 807. The molecule has 6 nitrogen and oxygen atoms in total. The number of benzene rings is 2. The van der Waals surface area contributed by atoms with Crippen LogP contribution in [-0.2, 0) is 9.53 Å². The van der Waals surface area contributed by atoms with Gasteiger partial charge in [-0.3, -0.25) is 9.59 Å². The minimum absolute atomic E-state index is 0.242. The Hall–Kier alpha value is -3.46. The van der Waals surface area contributed by atoms with Gasteiger partial charge in [-0.1, -0.05) is 18.2 Å². The van der Waals surface area contributed by atoms with Gasteiger partial charge in [0.15, 0.2) is 6.10 Å². The van der Waals surface area contributed by atoms with Gasteiger partial charge in [0.05, 0.1) is 17.2 Å². The molecule has 0 spiro atoms. The van der Waals surface area contributed by atoms with Gasteiger partial charge < -0.3 is 10.1 Å². The van der Waals surface area contributed by atoms with E-state index < -0.39 is 18.0 Å². The summed E-state index contributed by atoms with van der Waals surface area (Å²) in [6.07, 6.45) is -0.352. The lowest BCUT2D eigenvalue weighted by Crippen LogP contribution is -2.30. The number of carbonyl (C=O) groups is 3. The Morgan fingerprint density at radius 2 is 1.92 bits per heavy atom. The number of hydrogen-bond acceptors (Lipinski definition) is 5. The first-order valence-electron chi connectivity index (χ1n) is 7.10. The van der Waals surface area contributed by atoms with Crippen LogP contribution in [0.4, 0.5) is 5.69 Å². The summed E-state index contributed by atoms with van der Waals surface area (Å²) in [5.74, 6) is -1.18. The monoisotopic (exact) mass is 322 g/mol. The van der Waals surface area contributed by atoms with Gasteiger partial charge in [-0.05, 0) is 37.3 Å². The zero-order chi connectivity index (χ0) is 17.5. The van der Waals surface area contributed by atoms with Crippen LogP contribution in [0.1, 0.15) is 33.2 Å². The fourth-order valence-corrected chi connectivity index (χ4v) is 1.89. The fourth-order valence-electron chi connectivity index (χ4n) is 1.89. The van der Waals surface area contributed by atoms with Gasteiger partial charge in [-0.15, -0.1) is 0 Å². The maximum absolute atomic E-state index is 12.1. The third kappa shape index (κ3) is 4.27. The highest BCUT2D eigenvalue weighted by Crippen LogP contribution is 2.12. The van der Waals surface area contributed by atoms with E-state index >= 15 is 0 Å². The summed E-state index contributed by atoms with van der Waals surface area (Å²) in [5, 5.41) is 11.4. The standard InChI is InChI=1S/C18H14N2O4/c1-12(17(22)20-16-4-2-3-14(9-16)10-19)24-18(23)15-7-5-13(11-21)6-8-15/h2-9,11-12H,1H3,(H,20,22)/t12-/m0/s1. The average molecular weight is 322 g/mol. The minimum atomic E-state index is -1.02. The van der Waals surface area contributed by atoms with Crippen molar-refractivity contribution in [2.75, 3.05) is 5.32 Å². The molecule has 6 heteroatoms. The van der Waals surface area contributed by atoms with Crippen LogP contribution >= 0.6 is 0 Å². The lowest BCUT2D eigenvalue weighted by molar-refractivity contribution is -0.123. The maximum Gasteiger partial charge on any atom is 0.338 e. The molecule has 0 fully saturated rings. The molecule has 0 aromatic heterocycles. The number of hydrogen-bond donors (Lipinski definition) is 1. The first kappa shape index (κ1) is 16.9. The number of rotatable bonds is 5. The van der Waals surface area contributed by atoms with E-state index in [4.69, 9.17) is 10.00 Å². The smallest absolute Gasteiger partial charge is 0.338 e. The van der Waals surface area contributed by atoms with Crippen molar-refractivity contribution in [3.63, 3.8) is 0 Å². The van der Waals surface area contributed by atoms with Crippen molar-refractivity contribution < 1.29 is 19.1 Å². The minimum Gasteiger partial charge on any atom is -0.449 e. The maximum atomic E-state index is 12.1. The second-order valence-corrected chi connectivity index (χ2v) is 4.97. The lowest BCUT2D eigenvalue weighted by atomic mass is 10.1. The lowest BCUT2D eigenvalue weighted by Gasteiger charge is -2.13. The molecule has 120 valence electrons. The number of ether oxygens (including phenoxy) is 1. The van der Waals surface area contributed by atoms with Crippen LogP contribution < -0.4 is 5.32 Å². The van der Waals surface area contributed by atoms with Gasteiger partial charge >= 0.3 is 5.97 Å². The highest BCUT2D eigenvalue weighted by atomic mass is 16.5. The number of esters is 1. The molecule has 0 bridgehead atoms. The van der Waals surface area contributed by atoms with E-state index in [1.807, 2.05) is 6.07 Å². The Balaban J connectivity index is 1.98. The molecule has 0 radical (unpaired) electrons. The van der Waals surface area contributed by atoms with Crippen molar-refractivity contribution in [2.24, 2.45) is 0 Å². The predicted molar refractivity (Wildman–Crippen MR) is 86.5 cm³/mol. The highest BCUT2D eigenvalue weighted by Gasteiger charge is 2.19. The van der Waals surface area contributed by atoms with E-state index in [1.54, 1.807) is 18.2 Å². The molecule has 2 aromatic rings. The molecule has 2 rings (SSSR count). The van der Waals surface area contributed by atoms with Crippen molar-refractivity contribution in [2.45, 2.75) is 13.0 Å². The van der Waals surface area contributed by atoms with E-state index in [2.05, 4.69) is 5.32 Å². The molecule has 1 atom stereocenters. The number of carbonyl (C=O) groups excluding carboxylic acids is 3. The molecule has 0 aliphatic heterocycles. The molecule has 24 heavy (non-hydrogen) atoms. The quantitative estimate of drug-likeness (QED) is 0.674. The van der Waals surface area contributed by atoms with Gasteiger partial charge in [0.25, 0.3) is 5.91 Å². The Kier molecular flexibility index (Phi) is 5.42.